The van der Waals surface area contributed by atoms with Gasteiger partial charge in [-0.05, 0) is 30.6 Å². The average molecular weight is 293 g/mol. The second-order valence-electron chi connectivity index (χ2n) is 5.86. The van der Waals surface area contributed by atoms with E-state index in [1.165, 1.54) is 12.2 Å². The van der Waals surface area contributed by atoms with Crippen LogP contribution in [0.5, 0.6) is 0 Å². The summed E-state index contributed by atoms with van der Waals surface area (Å²) in [4.78, 5) is 0. The fourth-order valence-electron chi connectivity index (χ4n) is 3.14. The number of thioether (sulfide) groups is 1. The predicted octanol–water partition coefficient (Wildman–Crippen LogP) is 2.36. The zero-order valence-electron chi connectivity index (χ0n) is 11.8. The highest BCUT2D eigenvalue weighted by atomic mass is 32.2. The molecule has 2 saturated heterocycles. The first kappa shape index (κ1) is 14.4. The summed E-state index contributed by atoms with van der Waals surface area (Å²) < 4.78 is 6.02. The largest absolute Gasteiger partial charge is 0.387 e. The lowest BCUT2D eigenvalue weighted by Gasteiger charge is -2.38. The first-order valence-electron chi connectivity index (χ1n) is 7.46. The molecular weight excluding hydrogens is 270 g/mol. The van der Waals surface area contributed by atoms with Crippen LogP contribution in [-0.4, -0.2) is 41.4 Å². The van der Waals surface area contributed by atoms with Gasteiger partial charge >= 0.3 is 0 Å². The Morgan fingerprint density at radius 3 is 3.00 bits per heavy atom. The number of nitrogens with one attached hydrogen (secondary N) is 1. The van der Waals surface area contributed by atoms with Crippen molar-refractivity contribution in [2.45, 2.75) is 37.0 Å². The first-order valence-corrected chi connectivity index (χ1v) is 8.61. The Bertz CT molecular complexity index is 420. The van der Waals surface area contributed by atoms with E-state index >= 15 is 0 Å². The molecule has 1 aromatic rings. The second kappa shape index (κ2) is 6.48. The van der Waals surface area contributed by atoms with Crippen molar-refractivity contribution in [1.29, 1.82) is 0 Å². The molecule has 2 N–H and O–H groups in total. The summed E-state index contributed by atoms with van der Waals surface area (Å²) in [5, 5.41) is 13.7. The van der Waals surface area contributed by atoms with Gasteiger partial charge in [-0.15, -0.1) is 0 Å². The molecule has 2 fully saturated rings. The maximum atomic E-state index is 10.2. The Morgan fingerprint density at radius 1 is 1.40 bits per heavy atom. The van der Waals surface area contributed by atoms with Crippen LogP contribution in [0.3, 0.4) is 0 Å². The minimum atomic E-state index is -0.423. The van der Waals surface area contributed by atoms with Crippen molar-refractivity contribution >= 4 is 11.8 Å². The monoisotopic (exact) mass is 293 g/mol. The molecule has 1 aromatic carbocycles. The van der Waals surface area contributed by atoms with Crippen LogP contribution in [0.4, 0.5) is 0 Å². The van der Waals surface area contributed by atoms with Gasteiger partial charge in [-0.3, -0.25) is 0 Å². The van der Waals surface area contributed by atoms with E-state index in [1.54, 1.807) is 0 Å². The predicted molar refractivity (Wildman–Crippen MR) is 83.1 cm³/mol. The van der Waals surface area contributed by atoms with Gasteiger partial charge in [0, 0.05) is 24.9 Å². The van der Waals surface area contributed by atoms with Crippen molar-refractivity contribution in [3.05, 3.63) is 35.9 Å². The lowest BCUT2D eigenvalue weighted by Crippen LogP contribution is -2.48. The van der Waals surface area contributed by atoms with Gasteiger partial charge in [-0.25, -0.2) is 0 Å². The first-order chi connectivity index (χ1) is 9.77. The summed E-state index contributed by atoms with van der Waals surface area (Å²) in [5.74, 6) is 2.35. The molecule has 3 atom stereocenters. The lowest BCUT2D eigenvalue weighted by atomic mass is 9.90. The number of benzene rings is 1. The van der Waals surface area contributed by atoms with E-state index < -0.39 is 6.10 Å². The summed E-state index contributed by atoms with van der Waals surface area (Å²) in [5.41, 5.74) is 1.09. The summed E-state index contributed by atoms with van der Waals surface area (Å²) in [6.45, 7) is 1.47. The van der Waals surface area contributed by atoms with Gasteiger partial charge in [0.2, 0.25) is 0 Å². The maximum absolute atomic E-state index is 10.2. The second-order valence-corrected chi connectivity index (χ2v) is 6.96. The molecule has 4 heteroatoms. The van der Waals surface area contributed by atoms with Crippen LogP contribution in [0, 0.1) is 0 Å². The summed E-state index contributed by atoms with van der Waals surface area (Å²) in [6.07, 6.45) is 2.89. The zero-order valence-corrected chi connectivity index (χ0v) is 12.6. The Kier molecular flexibility index (Phi) is 4.66. The Morgan fingerprint density at radius 2 is 2.25 bits per heavy atom. The van der Waals surface area contributed by atoms with Crippen molar-refractivity contribution in [3.8, 4) is 0 Å². The third-order valence-electron chi connectivity index (χ3n) is 4.34. The molecule has 0 aromatic heterocycles. The van der Waals surface area contributed by atoms with Crippen molar-refractivity contribution in [2.75, 3.05) is 24.7 Å². The molecule has 0 aliphatic carbocycles. The molecule has 0 bridgehead atoms. The SMILES string of the molecule is OC(CNC1CCOC2(CCSC2)C1)c1ccccc1. The average Bonchev–Trinajstić information content (AvgIpc) is 2.93. The Balaban J connectivity index is 1.51. The van der Waals surface area contributed by atoms with E-state index in [1.807, 2.05) is 42.1 Å². The number of aliphatic hydroxyl groups is 1. The molecule has 2 aliphatic rings. The van der Waals surface area contributed by atoms with Gasteiger partial charge in [0.1, 0.15) is 0 Å². The number of rotatable bonds is 4. The molecule has 3 rings (SSSR count). The van der Waals surface area contributed by atoms with Crippen LogP contribution in [0.25, 0.3) is 0 Å². The van der Waals surface area contributed by atoms with Gasteiger partial charge in [0.25, 0.3) is 0 Å². The number of ether oxygens (including phenoxy) is 1. The van der Waals surface area contributed by atoms with E-state index in [0.29, 0.717) is 12.6 Å². The molecule has 2 aliphatic heterocycles. The topological polar surface area (TPSA) is 41.5 Å². The molecular formula is C16H23NO2S. The standard InChI is InChI=1S/C16H23NO2S/c18-15(13-4-2-1-3-5-13)11-17-14-6-8-19-16(10-14)7-9-20-12-16/h1-5,14-15,17-18H,6-12H2. The Hall–Kier alpha value is -0.550. The van der Waals surface area contributed by atoms with E-state index in [4.69, 9.17) is 4.74 Å². The van der Waals surface area contributed by atoms with Gasteiger partial charge in [0.05, 0.1) is 11.7 Å². The van der Waals surface area contributed by atoms with Crippen LogP contribution in [0.15, 0.2) is 30.3 Å². The van der Waals surface area contributed by atoms with E-state index in [0.717, 1.165) is 30.8 Å². The van der Waals surface area contributed by atoms with Crippen molar-refractivity contribution in [2.24, 2.45) is 0 Å². The highest BCUT2D eigenvalue weighted by Crippen LogP contribution is 2.38. The fraction of sp³-hybridized carbons (Fsp3) is 0.625. The third-order valence-corrected chi connectivity index (χ3v) is 5.57. The van der Waals surface area contributed by atoms with Crippen LogP contribution in [0.1, 0.15) is 30.9 Å². The molecule has 0 radical (unpaired) electrons. The van der Waals surface area contributed by atoms with Gasteiger partial charge in [0.15, 0.2) is 0 Å². The molecule has 3 unspecified atom stereocenters. The number of aliphatic hydroxyl groups excluding tert-OH is 1. The van der Waals surface area contributed by atoms with Gasteiger partial charge in [-0.2, -0.15) is 11.8 Å². The van der Waals surface area contributed by atoms with Crippen LogP contribution in [-0.2, 0) is 4.74 Å². The van der Waals surface area contributed by atoms with Crippen molar-refractivity contribution in [1.82, 2.24) is 5.32 Å². The van der Waals surface area contributed by atoms with Gasteiger partial charge < -0.3 is 15.2 Å². The highest BCUT2D eigenvalue weighted by Gasteiger charge is 2.40. The zero-order chi connectivity index (χ0) is 13.8. The summed E-state index contributed by atoms with van der Waals surface area (Å²) in [6, 6.07) is 10.3. The minimum absolute atomic E-state index is 0.109. The molecule has 0 saturated carbocycles. The molecule has 0 amide bonds. The quantitative estimate of drug-likeness (QED) is 0.894. The van der Waals surface area contributed by atoms with Crippen LogP contribution < -0.4 is 5.32 Å². The smallest absolute Gasteiger partial charge is 0.0914 e. The third kappa shape index (κ3) is 3.37. The van der Waals surface area contributed by atoms with Crippen LogP contribution in [0.2, 0.25) is 0 Å². The fourth-order valence-corrected chi connectivity index (χ4v) is 4.51. The number of hydrogen-bond acceptors (Lipinski definition) is 4. The van der Waals surface area contributed by atoms with Crippen molar-refractivity contribution in [3.63, 3.8) is 0 Å². The van der Waals surface area contributed by atoms with E-state index in [2.05, 4.69) is 5.32 Å². The highest BCUT2D eigenvalue weighted by molar-refractivity contribution is 7.99. The van der Waals surface area contributed by atoms with E-state index in [9.17, 15) is 5.11 Å². The molecule has 110 valence electrons. The van der Waals surface area contributed by atoms with Gasteiger partial charge in [-0.1, -0.05) is 30.3 Å². The van der Waals surface area contributed by atoms with Crippen molar-refractivity contribution < 1.29 is 9.84 Å². The molecule has 2 heterocycles. The maximum Gasteiger partial charge on any atom is 0.0914 e. The molecule has 1 spiro atoms. The normalized spacial score (nSPS) is 31.6. The lowest BCUT2D eigenvalue weighted by molar-refractivity contribution is -0.0710. The number of hydrogen-bond donors (Lipinski definition) is 2. The summed E-state index contributed by atoms with van der Waals surface area (Å²) in [7, 11) is 0. The van der Waals surface area contributed by atoms with Crippen LogP contribution >= 0.6 is 11.8 Å². The molecule has 20 heavy (non-hydrogen) atoms. The Labute approximate surface area is 125 Å². The minimum Gasteiger partial charge on any atom is -0.387 e. The summed E-state index contributed by atoms with van der Waals surface area (Å²) >= 11 is 2.00. The van der Waals surface area contributed by atoms with E-state index in [-0.39, 0.29) is 5.60 Å². The molecule has 3 nitrogen and oxygen atoms in total.